The lowest BCUT2D eigenvalue weighted by atomic mass is 9.91. The lowest BCUT2D eigenvalue weighted by Crippen LogP contribution is -2.37. The van der Waals surface area contributed by atoms with E-state index >= 15 is 0 Å². The first kappa shape index (κ1) is 11.0. The Balaban J connectivity index is 1.66. The van der Waals surface area contributed by atoms with Crippen LogP contribution in [0.2, 0.25) is 0 Å². The molecule has 0 aromatic heterocycles. The second-order valence-electron chi connectivity index (χ2n) is 7.25. The van der Waals surface area contributed by atoms with Crippen molar-refractivity contribution in [2.24, 2.45) is 23.2 Å². The van der Waals surface area contributed by atoms with Gasteiger partial charge in [0.25, 0.3) is 0 Å². The molecule has 3 rings (SSSR count). The van der Waals surface area contributed by atoms with Crippen molar-refractivity contribution in [2.75, 3.05) is 26.2 Å². The fourth-order valence-corrected chi connectivity index (χ4v) is 4.51. The van der Waals surface area contributed by atoms with Gasteiger partial charge >= 0.3 is 0 Å². The van der Waals surface area contributed by atoms with Gasteiger partial charge in [0.2, 0.25) is 0 Å². The predicted octanol–water partition coefficient (Wildman–Crippen LogP) is 1.96. The summed E-state index contributed by atoms with van der Waals surface area (Å²) in [6.07, 6.45) is 2.84. The third kappa shape index (κ3) is 1.80. The van der Waals surface area contributed by atoms with Crippen molar-refractivity contribution in [3.63, 3.8) is 0 Å². The molecule has 2 nitrogen and oxygen atoms in total. The highest BCUT2D eigenvalue weighted by molar-refractivity contribution is 4.99. The number of rotatable bonds is 1. The van der Waals surface area contributed by atoms with E-state index in [2.05, 4.69) is 31.0 Å². The van der Waals surface area contributed by atoms with E-state index in [0.29, 0.717) is 5.41 Å². The van der Waals surface area contributed by atoms with Crippen LogP contribution < -0.4 is 5.32 Å². The predicted molar refractivity (Wildman–Crippen MR) is 67.4 cm³/mol. The SMILES string of the molecule is CC1CC(C)(C)CC1N1CC2CNCC2C1. The molecule has 0 amide bonds. The first-order chi connectivity index (χ1) is 7.55. The maximum Gasteiger partial charge on any atom is 0.0126 e. The molecule has 1 aliphatic carbocycles. The minimum absolute atomic E-state index is 0.583. The fourth-order valence-electron chi connectivity index (χ4n) is 4.51. The maximum atomic E-state index is 3.54. The van der Waals surface area contributed by atoms with Crippen molar-refractivity contribution in [1.29, 1.82) is 0 Å². The Hall–Kier alpha value is -0.0800. The van der Waals surface area contributed by atoms with Crippen LogP contribution in [-0.2, 0) is 0 Å². The molecule has 92 valence electrons. The van der Waals surface area contributed by atoms with Gasteiger partial charge < -0.3 is 5.32 Å². The highest BCUT2D eigenvalue weighted by atomic mass is 15.2. The Morgan fingerprint density at radius 2 is 1.69 bits per heavy atom. The van der Waals surface area contributed by atoms with E-state index in [1.165, 1.54) is 39.0 Å². The third-order valence-corrected chi connectivity index (χ3v) is 5.18. The Labute approximate surface area is 99.8 Å². The molecule has 3 aliphatic rings. The van der Waals surface area contributed by atoms with Gasteiger partial charge in [-0.15, -0.1) is 0 Å². The van der Waals surface area contributed by atoms with Crippen LogP contribution in [0, 0.1) is 23.2 Å². The molecule has 2 aliphatic heterocycles. The molecule has 2 heteroatoms. The van der Waals surface area contributed by atoms with E-state index in [1.807, 2.05) is 0 Å². The number of hydrogen-bond donors (Lipinski definition) is 1. The van der Waals surface area contributed by atoms with E-state index in [0.717, 1.165) is 23.8 Å². The van der Waals surface area contributed by atoms with Crippen molar-refractivity contribution in [3.05, 3.63) is 0 Å². The molecular formula is C14H26N2. The van der Waals surface area contributed by atoms with Gasteiger partial charge in [0, 0.05) is 19.1 Å². The third-order valence-electron chi connectivity index (χ3n) is 5.18. The quantitative estimate of drug-likeness (QED) is 0.729. The van der Waals surface area contributed by atoms with Crippen LogP contribution in [0.1, 0.15) is 33.6 Å². The highest BCUT2D eigenvalue weighted by Gasteiger charge is 2.45. The van der Waals surface area contributed by atoms with E-state index in [4.69, 9.17) is 0 Å². The van der Waals surface area contributed by atoms with Crippen LogP contribution in [0.15, 0.2) is 0 Å². The van der Waals surface area contributed by atoms with Crippen molar-refractivity contribution in [3.8, 4) is 0 Å². The normalized spacial score (nSPS) is 47.4. The monoisotopic (exact) mass is 222 g/mol. The maximum absolute atomic E-state index is 3.54. The Morgan fingerprint density at radius 3 is 2.19 bits per heavy atom. The Morgan fingerprint density at radius 1 is 1.06 bits per heavy atom. The van der Waals surface area contributed by atoms with Gasteiger partial charge in [-0.25, -0.2) is 0 Å². The molecule has 4 atom stereocenters. The molecule has 0 spiro atoms. The Kier molecular flexibility index (Phi) is 2.56. The first-order valence-electron chi connectivity index (χ1n) is 7.00. The summed E-state index contributed by atoms with van der Waals surface area (Å²) in [6.45, 7) is 12.6. The van der Waals surface area contributed by atoms with Crippen molar-refractivity contribution >= 4 is 0 Å². The molecule has 1 saturated carbocycles. The lowest BCUT2D eigenvalue weighted by Gasteiger charge is -2.28. The first-order valence-corrected chi connectivity index (χ1v) is 7.00. The fraction of sp³-hybridized carbons (Fsp3) is 1.00. The molecule has 3 fully saturated rings. The zero-order valence-electron chi connectivity index (χ0n) is 11.0. The lowest BCUT2D eigenvalue weighted by molar-refractivity contribution is 0.186. The summed E-state index contributed by atoms with van der Waals surface area (Å²) in [5.74, 6) is 2.81. The van der Waals surface area contributed by atoms with E-state index in [9.17, 15) is 0 Å². The van der Waals surface area contributed by atoms with Gasteiger partial charge in [0.1, 0.15) is 0 Å². The highest BCUT2D eigenvalue weighted by Crippen LogP contribution is 2.45. The number of nitrogens with zero attached hydrogens (tertiary/aromatic N) is 1. The number of likely N-dealkylation sites (tertiary alicyclic amines) is 1. The van der Waals surface area contributed by atoms with Gasteiger partial charge in [-0.3, -0.25) is 4.90 Å². The van der Waals surface area contributed by atoms with E-state index in [-0.39, 0.29) is 0 Å². The summed E-state index contributed by atoms with van der Waals surface area (Å²) in [7, 11) is 0. The van der Waals surface area contributed by atoms with Gasteiger partial charge in [-0.1, -0.05) is 20.8 Å². The molecule has 0 radical (unpaired) electrons. The molecule has 0 bridgehead atoms. The summed E-state index contributed by atoms with van der Waals surface area (Å²) in [4.78, 5) is 2.82. The standard InChI is InChI=1S/C14H26N2/c1-10-4-14(2,3)5-13(10)16-8-11-6-15-7-12(11)9-16/h10-13,15H,4-9H2,1-3H3. The van der Waals surface area contributed by atoms with Crippen molar-refractivity contribution in [1.82, 2.24) is 10.2 Å². The molecule has 0 aromatic carbocycles. The summed E-state index contributed by atoms with van der Waals surface area (Å²) < 4.78 is 0. The molecule has 1 N–H and O–H groups in total. The average molecular weight is 222 g/mol. The number of fused-ring (bicyclic) bond motifs is 1. The Bertz CT molecular complexity index is 262. The number of nitrogens with one attached hydrogen (secondary N) is 1. The van der Waals surface area contributed by atoms with Crippen LogP contribution in [0.25, 0.3) is 0 Å². The van der Waals surface area contributed by atoms with Crippen LogP contribution in [-0.4, -0.2) is 37.1 Å². The van der Waals surface area contributed by atoms with E-state index < -0.39 is 0 Å². The molecular weight excluding hydrogens is 196 g/mol. The molecule has 2 heterocycles. The second-order valence-corrected chi connectivity index (χ2v) is 7.25. The van der Waals surface area contributed by atoms with Gasteiger partial charge in [0.05, 0.1) is 0 Å². The molecule has 4 unspecified atom stereocenters. The molecule has 0 aromatic rings. The second kappa shape index (κ2) is 3.71. The summed E-state index contributed by atoms with van der Waals surface area (Å²) >= 11 is 0. The minimum atomic E-state index is 0.583. The van der Waals surface area contributed by atoms with E-state index in [1.54, 1.807) is 0 Å². The molecule has 16 heavy (non-hydrogen) atoms. The average Bonchev–Trinajstić information content (AvgIpc) is 2.76. The number of hydrogen-bond acceptors (Lipinski definition) is 2. The van der Waals surface area contributed by atoms with Gasteiger partial charge in [-0.2, -0.15) is 0 Å². The van der Waals surface area contributed by atoms with Gasteiger partial charge in [-0.05, 0) is 49.1 Å². The smallest absolute Gasteiger partial charge is 0.0126 e. The summed E-state index contributed by atoms with van der Waals surface area (Å²) in [5, 5.41) is 3.54. The topological polar surface area (TPSA) is 15.3 Å². The zero-order chi connectivity index (χ0) is 11.3. The summed E-state index contributed by atoms with van der Waals surface area (Å²) in [6, 6.07) is 0.876. The van der Waals surface area contributed by atoms with Crippen LogP contribution in [0.4, 0.5) is 0 Å². The van der Waals surface area contributed by atoms with Crippen molar-refractivity contribution in [2.45, 2.75) is 39.7 Å². The van der Waals surface area contributed by atoms with Crippen LogP contribution in [0.5, 0.6) is 0 Å². The van der Waals surface area contributed by atoms with Gasteiger partial charge in [0.15, 0.2) is 0 Å². The minimum Gasteiger partial charge on any atom is -0.316 e. The van der Waals surface area contributed by atoms with Crippen molar-refractivity contribution < 1.29 is 0 Å². The summed E-state index contributed by atoms with van der Waals surface area (Å²) in [5.41, 5.74) is 0.583. The van der Waals surface area contributed by atoms with Crippen LogP contribution in [0.3, 0.4) is 0 Å². The zero-order valence-corrected chi connectivity index (χ0v) is 11.0. The van der Waals surface area contributed by atoms with Crippen LogP contribution >= 0.6 is 0 Å². The largest absolute Gasteiger partial charge is 0.316 e. The molecule has 2 saturated heterocycles.